The fourth-order valence-corrected chi connectivity index (χ4v) is 3.44. The molecule has 2 atom stereocenters. The molecule has 2 unspecified atom stereocenters. The third-order valence-electron chi connectivity index (χ3n) is 2.52. The molecular weight excluding hydrogens is 292 g/mol. The summed E-state index contributed by atoms with van der Waals surface area (Å²) in [7, 11) is -4.40. The van der Waals surface area contributed by atoms with Crippen molar-refractivity contribution in [3.63, 3.8) is 0 Å². The first-order valence-electron chi connectivity index (χ1n) is 4.71. The zero-order valence-electron chi connectivity index (χ0n) is 8.37. The Balaban J connectivity index is 2.78. The van der Waals surface area contributed by atoms with Gasteiger partial charge >= 0.3 is 5.76 Å². The quantitative estimate of drug-likeness (QED) is 0.747. The third kappa shape index (κ3) is 3.10. The molecule has 0 amide bonds. The second-order valence-electron chi connectivity index (χ2n) is 3.98. The monoisotopic (exact) mass is 305 g/mol. The first-order chi connectivity index (χ1) is 6.87. The Hall–Kier alpha value is 0.250. The number of alkyl halides is 3. The van der Waals surface area contributed by atoms with Crippen LogP contribution >= 0.6 is 15.9 Å². The molecule has 1 rings (SSSR count). The molecule has 0 radical (unpaired) electrons. The summed E-state index contributed by atoms with van der Waals surface area (Å²) in [5.41, 5.74) is 0. The van der Waals surface area contributed by atoms with Gasteiger partial charge in [0.05, 0.1) is 0 Å². The van der Waals surface area contributed by atoms with Crippen LogP contribution in [0, 0.1) is 11.8 Å². The zero-order chi connectivity index (χ0) is 11.6. The van der Waals surface area contributed by atoms with E-state index in [9.17, 15) is 17.2 Å². The van der Waals surface area contributed by atoms with Crippen LogP contribution in [0.2, 0.25) is 0 Å². The van der Waals surface area contributed by atoms with Gasteiger partial charge in [0.25, 0.3) is 10.0 Å². The van der Waals surface area contributed by atoms with Gasteiger partial charge in [-0.15, -0.1) is 0 Å². The van der Waals surface area contributed by atoms with E-state index in [1.165, 1.54) is 0 Å². The molecule has 1 saturated heterocycles. The van der Waals surface area contributed by atoms with E-state index in [1.54, 1.807) is 0 Å². The smallest absolute Gasteiger partial charge is 0.206 e. The average Bonchev–Trinajstić information content (AvgIpc) is 2.16. The molecule has 0 saturated carbocycles. The number of nitrogens with zero attached hydrogens (tertiary/aromatic N) is 1. The van der Waals surface area contributed by atoms with Crippen molar-refractivity contribution in [3.8, 4) is 0 Å². The Morgan fingerprint density at radius 3 is 2.53 bits per heavy atom. The van der Waals surface area contributed by atoms with Crippen LogP contribution in [0.5, 0.6) is 0 Å². The van der Waals surface area contributed by atoms with Crippen LogP contribution in [0.3, 0.4) is 0 Å². The van der Waals surface area contributed by atoms with Crippen molar-refractivity contribution in [1.82, 2.24) is 4.31 Å². The highest BCUT2D eigenvalue weighted by Gasteiger charge is 2.37. The van der Waals surface area contributed by atoms with Gasteiger partial charge in [0, 0.05) is 18.4 Å². The van der Waals surface area contributed by atoms with Gasteiger partial charge in [0.15, 0.2) is 0 Å². The van der Waals surface area contributed by atoms with E-state index >= 15 is 0 Å². The van der Waals surface area contributed by atoms with E-state index in [-0.39, 0.29) is 24.9 Å². The number of sulfonamides is 1. The van der Waals surface area contributed by atoms with E-state index in [1.807, 2.05) is 6.92 Å². The Bertz CT molecular complexity index is 310. The van der Waals surface area contributed by atoms with Crippen molar-refractivity contribution >= 4 is 26.0 Å². The largest absolute Gasteiger partial charge is 0.350 e. The molecule has 0 aromatic rings. The summed E-state index contributed by atoms with van der Waals surface area (Å²) < 4.78 is 48.0. The van der Waals surface area contributed by atoms with Crippen molar-refractivity contribution < 1.29 is 17.2 Å². The van der Waals surface area contributed by atoms with Gasteiger partial charge in [-0.25, -0.2) is 8.42 Å². The lowest BCUT2D eigenvalue weighted by Crippen LogP contribution is -2.45. The van der Waals surface area contributed by atoms with Crippen LogP contribution in [0.4, 0.5) is 8.78 Å². The van der Waals surface area contributed by atoms with Gasteiger partial charge < -0.3 is 0 Å². The van der Waals surface area contributed by atoms with Crippen molar-refractivity contribution in [2.45, 2.75) is 19.1 Å². The highest BCUT2D eigenvalue weighted by atomic mass is 79.9. The molecule has 15 heavy (non-hydrogen) atoms. The van der Waals surface area contributed by atoms with E-state index in [0.717, 1.165) is 10.7 Å². The van der Waals surface area contributed by atoms with Crippen LogP contribution in [-0.4, -0.2) is 36.9 Å². The van der Waals surface area contributed by atoms with Gasteiger partial charge in [-0.3, -0.25) is 0 Å². The molecule has 1 fully saturated rings. The van der Waals surface area contributed by atoms with E-state index in [4.69, 9.17) is 0 Å². The van der Waals surface area contributed by atoms with Crippen LogP contribution in [-0.2, 0) is 10.0 Å². The number of rotatable bonds is 3. The van der Waals surface area contributed by atoms with E-state index < -0.39 is 15.8 Å². The number of hydrogen-bond donors (Lipinski definition) is 0. The average molecular weight is 306 g/mol. The predicted octanol–water partition coefficient (Wildman–Crippen LogP) is 1.89. The topological polar surface area (TPSA) is 37.4 Å². The van der Waals surface area contributed by atoms with Gasteiger partial charge in [0.2, 0.25) is 0 Å². The number of hydrogen-bond acceptors (Lipinski definition) is 2. The van der Waals surface area contributed by atoms with Crippen molar-refractivity contribution in [1.29, 1.82) is 0 Å². The predicted molar refractivity (Wildman–Crippen MR) is 57.6 cm³/mol. The molecule has 0 aliphatic carbocycles. The molecule has 0 aromatic carbocycles. The number of halogens is 3. The standard InChI is InChI=1S/C8H14BrF2NO2S/c1-6-2-7(3-9)5-12(4-6)15(13,14)8(10)11/h6-8H,2-5H2,1H3. The summed E-state index contributed by atoms with van der Waals surface area (Å²) in [5.74, 6) is -3.05. The minimum absolute atomic E-state index is 0.127. The molecule has 1 aliphatic rings. The van der Waals surface area contributed by atoms with Crippen molar-refractivity contribution in [3.05, 3.63) is 0 Å². The highest BCUT2D eigenvalue weighted by Crippen LogP contribution is 2.26. The Morgan fingerprint density at radius 2 is 2.07 bits per heavy atom. The molecule has 0 aromatic heterocycles. The van der Waals surface area contributed by atoms with Crippen LogP contribution in [0.25, 0.3) is 0 Å². The molecule has 1 aliphatic heterocycles. The van der Waals surface area contributed by atoms with Gasteiger partial charge in [-0.2, -0.15) is 13.1 Å². The van der Waals surface area contributed by atoms with Crippen molar-refractivity contribution in [2.75, 3.05) is 18.4 Å². The summed E-state index contributed by atoms with van der Waals surface area (Å²) in [6, 6.07) is 0. The summed E-state index contributed by atoms with van der Waals surface area (Å²) in [4.78, 5) is 0. The van der Waals surface area contributed by atoms with Gasteiger partial charge in [-0.05, 0) is 18.3 Å². The molecule has 7 heteroatoms. The SMILES string of the molecule is CC1CC(CBr)CN(S(=O)(=O)C(F)F)C1. The Kier molecular flexibility index (Phi) is 4.49. The fraction of sp³-hybridized carbons (Fsp3) is 1.00. The number of piperidine rings is 1. The molecule has 0 bridgehead atoms. The normalized spacial score (nSPS) is 29.7. The molecular formula is C8H14BrF2NO2S. The Labute approximate surface area is 97.0 Å². The second-order valence-corrected chi connectivity index (χ2v) is 6.53. The lowest BCUT2D eigenvalue weighted by molar-refractivity contribution is 0.186. The van der Waals surface area contributed by atoms with Crippen LogP contribution in [0.1, 0.15) is 13.3 Å². The molecule has 1 heterocycles. The molecule has 3 nitrogen and oxygen atoms in total. The first-order valence-corrected chi connectivity index (χ1v) is 7.33. The zero-order valence-corrected chi connectivity index (χ0v) is 10.8. The lowest BCUT2D eigenvalue weighted by atomic mass is 9.93. The van der Waals surface area contributed by atoms with Crippen molar-refractivity contribution in [2.24, 2.45) is 11.8 Å². The second kappa shape index (κ2) is 5.05. The van der Waals surface area contributed by atoms with E-state index in [0.29, 0.717) is 5.33 Å². The summed E-state index contributed by atoms with van der Waals surface area (Å²) in [5, 5.41) is 0.645. The molecule has 90 valence electrons. The Morgan fingerprint density at radius 1 is 1.47 bits per heavy atom. The molecule has 0 N–H and O–H groups in total. The maximum absolute atomic E-state index is 12.3. The van der Waals surface area contributed by atoms with E-state index in [2.05, 4.69) is 15.9 Å². The fourth-order valence-electron chi connectivity index (χ4n) is 1.86. The minimum Gasteiger partial charge on any atom is -0.206 e. The summed E-state index contributed by atoms with van der Waals surface area (Å²) in [6.07, 6.45) is 0.876. The van der Waals surface area contributed by atoms with Gasteiger partial charge in [-0.1, -0.05) is 22.9 Å². The maximum Gasteiger partial charge on any atom is 0.350 e. The van der Waals surface area contributed by atoms with Crippen LogP contribution < -0.4 is 0 Å². The maximum atomic E-state index is 12.3. The summed E-state index contributed by atoms with van der Waals surface area (Å²) >= 11 is 3.26. The lowest BCUT2D eigenvalue weighted by Gasteiger charge is -2.34. The van der Waals surface area contributed by atoms with Crippen LogP contribution in [0.15, 0.2) is 0 Å². The van der Waals surface area contributed by atoms with Gasteiger partial charge in [0.1, 0.15) is 0 Å². The molecule has 0 spiro atoms. The summed E-state index contributed by atoms with van der Waals surface area (Å²) in [6.45, 7) is 2.28. The minimum atomic E-state index is -4.40. The third-order valence-corrected chi connectivity index (χ3v) is 4.90. The first kappa shape index (κ1) is 13.3. The highest BCUT2D eigenvalue weighted by molar-refractivity contribution is 9.09.